The first-order valence-electron chi connectivity index (χ1n) is 9.81. The van der Waals surface area contributed by atoms with Crippen LogP contribution < -0.4 is 15.4 Å². The third-order valence-electron chi connectivity index (χ3n) is 5.00. The van der Waals surface area contributed by atoms with Crippen molar-refractivity contribution < 1.29 is 32.6 Å². The number of nitrogens with zero attached hydrogens (tertiary/aromatic N) is 1. The molecular formula is C23H20F3N3O4. The van der Waals surface area contributed by atoms with Crippen LogP contribution in [0.3, 0.4) is 0 Å². The van der Waals surface area contributed by atoms with E-state index in [1.54, 1.807) is 31.2 Å². The molecule has 172 valence electrons. The number of nitrogens with one attached hydrogen (secondary N) is 2. The summed E-state index contributed by atoms with van der Waals surface area (Å²) in [5.41, 5.74) is 1.28. The number of alkyl halides is 3. The zero-order valence-corrected chi connectivity index (χ0v) is 17.4. The van der Waals surface area contributed by atoms with Crippen molar-refractivity contribution in [1.82, 2.24) is 10.6 Å². The van der Waals surface area contributed by atoms with Gasteiger partial charge in [0.2, 0.25) is 0 Å². The van der Waals surface area contributed by atoms with Crippen LogP contribution in [-0.2, 0) is 12.7 Å². The Morgan fingerprint density at radius 1 is 1.06 bits per heavy atom. The smallest absolute Gasteiger partial charge is 0.416 e. The van der Waals surface area contributed by atoms with Crippen LogP contribution in [0.4, 0.5) is 18.0 Å². The number of benzene rings is 2. The summed E-state index contributed by atoms with van der Waals surface area (Å²) in [7, 11) is 0. The Bertz CT molecular complexity index is 1150. The third-order valence-corrected chi connectivity index (χ3v) is 5.00. The van der Waals surface area contributed by atoms with E-state index in [-0.39, 0.29) is 18.0 Å². The molecule has 7 nitrogen and oxygen atoms in total. The predicted molar refractivity (Wildman–Crippen MR) is 113 cm³/mol. The van der Waals surface area contributed by atoms with Gasteiger partial charge in [0.25, 0.3) is 5.91 Å². The number of carbonyl (C=O) groups is 2. The molecule has 0 aliphatic heterocycles. The van der Waals surface area contributed by atoms with Crippen molar-refractivity contribution in [2.24, 2.45) is 0 Å². The van der Waals surface area contributed by atoms with E-state index >= 15 is 0 Å². The molecule has 0 spiro atoms. The summed E-state index contributed by atoms with van der Waals surface area (Å²) in [6, 6.07) is 12.1. The van der Waals surface area contributed by atoms with Crippen LogP contribution >= 0.6 is 0 Å². The Morgan fingerprint density at radius 3 is 2.27 bits per heavy atom. The van der Waals surface area contributed by atoms with Crippen molar-refractivity contribution in [3.05, 3.63) is 94.5 Å². The monoisotopic (exact) mass is 459 g/mol. The van der Waals surface area contributed by atoms with E-state index in [4.69, 9.17) is 5.11 Å². The Morgan fingerprint density at radius 2 is 1.70 bits per heavy atom. The zero-order chi connectivity index (χ0) is 24.2. The minimum absolute atomic E-state index is 0.155. The molecule has 1 heterocycles. The molecule has 0 saturated carbocycles. The van der Waals surface area contributed by atoms with Gasteiger partial charge in [0.1, 0.15) is 0 Å². The maximum atomic E-state index is 13.2. The van der Waals surface area contributed by atoms with Crippen LogP contribution in [-0.4, -0.2) is 17.1 Å². The van der Waals surface area contributed by atoms with Gasteiger partial charge in [0.15, 0.2) is 12.4 Å². The number of pyridine rings is 1. The fourth-order valence-electron chi connectivity index (χ4n) is 3.23. The van der Waals surface area contributed by atoms with Gasteiger partial charge in [-0.15, -0.1) is 0 Å². The van der Waals surface area contributed by atoms with Gasteiger partial charge in [0, 0.05) is 18.7 Å². The van der Waals surface area contributed by atoms with Crippen LogP contribution in [0, 0.1) is 5.21 Å². The van der Waals surface area contributed by atoms with Crippen LogP contribution in [0.1, 0.15) is 40.0 Å². The van der Waals surface area contributed by atoms with Crippen molar-refractivity contribution >= 4 is 12.0 Å². The van der Waals surface area contributed by atoms with E-state index in [0.29, 0.717) is 27.0 Å². The van der Waals surface area contributed by atoms with Gasteiger partial charge in [-0.25, -0.2) is 4.79 Å². The van der Waals surface area contributed by atoms with Gasteiger partial charge in [-0.1, -0.05) is 30.3 Å². The number of halogens is 3. The highest BCUT2D eigenvalue weighted by Gasteiger charge is 2.31. The minimum atomic E-state index is -4.55. The summed E-state index contributed by atoms with van der Waals surface area (Å²) in [5, 5.41) is 24.9. The van der Waals surface area contributed by atoms with Gasteiger partial charge in [-0.3, -0.25) is 4.79 Å². The summed E-state index contributed by atoms with van der Waals surface area (Å²) in [5.74, 6) is -0.382. The second kappa shape index (κ2) is 9.60. The number of amides is 2. The molecule has 0 aliphatic rings. The Balaban J connectivity index is 1.83. The van der Waals surface area contributed by atoms with Crippen molar-refractivity contribution in [2.75, 3.05) is 0 Å². The second-order valence-electron chi connectivity index (χ2n) is 7.29. The molecule has 2 amide bonds. The van der Waals surface area contributed by atoms with Crippen molar-refractivity contribution in [3.63, 3.8) is 0 Å². The first-order chi connectivity index (χ1) is 15.5. The van der Waals surface area contributed by atoms with Crippen LogP contribution in [0.25, 0.3) is 11.1 Å². The zero-order valence-electron chi connectivity index (χ0n) is 17.4. The highest BCUT2D eigenvalue weighted by molar-refractivity contribution is 5.94. The second-order valence-corrected chi connectivity index (χ2v) is 7.29. The quantitative estimate of drug-likeness (QED) is 0.378. The molecule has 1 atom stereocenters. The number of carbonyl (C=O) groups excluding carboxylic acids is 1. The Kier molecular flexibility index (Phi) is 6.86. The molecule has 33 heavy (non-hydrogen) atoms. The maximum Gasteiger partial charge on any atom is 0.416 e. The first-order valence-corrected chi connectivity index (χ1v) is 9.81. The van der Waals surface area contributed by atoms with E-state index in [2.05, 4.69) is 10.6 Å². The molecule has 0 saturated heterocycles. The molecule has 0 fully saturated rings. The van der Waals surface area contributed by atoms with Gasteiger partial charge >= 0.3 is 12.3 Å². The summed E-state index contributed by atoms with van der Waals surface area (Å²) >= 11 is 0. The maximum absolute atomic E-state index is 13.2. The minimum Gasteiger partial charge on any atom is -0.619 e. The lowest BCUT2D eigenvalue weighted by Gasteiger charge is -2.17. The summed E-state index contributed by atoms with van der Waals surface area (Å²) in [6.07, 6.45) is -3.42. The molecule has 0 radical (unpaired) electrons. The van der Waals surface area contributed by atoms with Crippen LogP contribution in [0.2, 0.25) is 0 Å². The molecule has 3 N–H and O–H groups in total. The van der Waals surface area contributed by atoms with Crippen LogP contribution in [0.15, 0.2) is 67.0 Å². The average Bonchev–Trinajstić information content (AvgIpc) is 2.77. The molecule has 2 aromatic carbocycles. The lowest BCUT2D eigenvalue weighted by Crippen LogP contribution is -2.29. The predicted octanol–water partition coefficient (Wildman–Crippen LogP) is 4.26. The first kappa shape index (κ1) is 23.6. The fraction of sp³-hybridized carbons (Fsp3) is 0.174. The molecule has 3 aromatic rings. The Hall–Kier alpha value is -4.08. The number of hydrogen-bond acceptors (Lipinski definition) is 3. The lowest BCUT2D eigenvalue weighted by atomic mass is 9.95. The molecule has 3 rings (SSSR count). The highest BCUT2D eigenvalue weighted by Crippen LogP contribution is 2.34. The largest absolute Gasteiger partial charge is 0.619 e. The summed E-state index contributed by atoms with van der Waals surface area (Å²) in [4.78, 5) is 23.2. The molecule has 0 bridgehead atoms. The normalized spacial score (nSPS) is 12.1. The number of hydrogen-bond donors (Lipinski definition) is 3. The van der Waals surface area contributed by atoms with Crippen molar-refractivity contribution in [1.29, 1.82) is 0 Å². The Labute approximate surface area is 187 Å². The SMILES string of the molecule is C[C@@H](NC(=O)c1cc[n+]([O-])cc1)c1ccc(-c2cc(C(F)(F)F)ccc2CNC(=O)O)cc1. The topological polar surface area (TPSA) is 105 Å². The third kappa shape index (κ3) is 6.00. The van der Waals surface area contributed by atoms with Crippen LogP contribution in [0.5, 0.6) is 0 Å². The van der Waals surface area contributed by atoms with Crippen molar-refractivity contribution in [3.8, 4) is 11.1 Å². The fourth-order valence-corrected chi connectivity index (χ4v) is 3.23. The summed E-state index contributed by atoms with van der Waals surface area (Å²) in [6.45, 7) is 1.59. The number of aromatic nitrogens is 1. The van der Waals surface area contributed by atoms with E-state index in [1.807, 2.05) is 0 Å². The molecule has 1 aromatic heterocycles. The van der Waals surface area contributed by atoms with Gasteiger partial charge in [-0.05, 0) is 41.3 Å². The molecule has 10 heteroatoms. The van der Waals surface area contributed by atoms with E-state index < -0.39 is 23.9 Å². The standard InChI is InChI=1S/C23H20F3N3O4/c1-14(28-21(30)17-8-10-29(33)11-9-17)15-2-4-16(5-3-15)20-12-19(23(24,25)26)7-6-18(20)13-27-22(31)32/h2-12,14,27H,13H2,1H3,(H,28,30)(H,31,32)/t14-/m1/s1. The molecule has 0 unspecified atom stereocenters. The number of carboxylic acid groups (broad SMARTS) is 1. The molecular weight excluding hydrogens is 439 g/mol. The van der Waals surface area contributed by atoms with Crippen molar-refractivity contribution in [2.45, 2.75) is 25.7 Å². The van der Waals surface area contributed by atoms with Gasteiger partial charge in [0.05, 0.1) is 17.2 Å². The average molecular weight is 459 g/mol. The van der Waals surface area contributed by atoms with Gasteiger partial charge < -0.3 is 20.9 Å². The summed E-state index contributed by atoms with van der Waals surface area (Å²) < 4.78 is 40.2. The highest BCUT2D eigenvalue weighted by atomic mass is 19.4. The number of rotatable bonds is 6. The lowest BCUT2D eigenvalue weighted by molar-refractivity contribution is -0.605. The van der Waals surface area contributed by atoms with Gasteiger partial charge in [-0.2, -0.15) is 17.9 Å². The molecule has 0 aliphatic carbocycles. The van der Waals surface area contributed by atoms with E-state index in [0.717, 1.165) is 12.1 Å². The van der Waals surface area contributed by atoms with E-state index in [1.165, 1.54) is 30.6 Å². The van der Waals surface area contributed by atoms with E-state index in [9.17, 15) is 28.0 Å².